The Morgan fingerprint density at radius 3 is 2.95 bits per heavy atom. The molecule has 0 radical (unpaired) electrons. The van der Waals surface area contributed by atoms with Gasteiger partial charge in [0, 0.05) is 12.3 Å². The van der Waals surface area contributed by atoms with E-state index in [4.69, 9.17) is 9.47 Å². The Kier molecular flexibility index (Phi) is 3.40. The minimum absolute atomic E-state index is 0.0352. The molecule has 2 unspecified atom stereocenters. The van der Waals surface area contributed by atoms with Crippen LogP contribution in [0.1, 0.15) is 39.5 Å². The number of carbonyl (C=O) groups is 2. The maximum atomic E-state index is 11.9. The molecule has 4 atom stereocenters. The molecule has 4 nitrogen and oxygen atoms in total. The fourth-order valence-electron chi connectivity index (χ4n) is 3.32. The minimum Gasteiger partial charge on any atom is -0.489 e. The predicted molar refractivity (Wildman–Crippen MR) is 72.7 cm³/mol. The molecule has 0 N–H and O–H groups in total. The number of hydrogen-bond donors (Lipinski definition) is 0. The zero-order valence-electron chi connectivity index (χ0n) is 11.9. The van der Waals surface area contributed by atoms with Crippen molar-refractivity contribution in [2.45, 2.75) is 51.7 Å². The van der Waals surface area contributed by atoms with Crippen molar-refractivity contribution in [2.24, 2.45) is 11.8 Å². The molecule has 20 heavy (non-hydrogen) atoms. The average molecular weight is 276 g/mol. The van der Waals surface area contributed by atoms with Crippen molar-refractivity contribution >= 4 is 12.3 Å². The molecule has 0 aromatic heterocycles. The molecule has 0 aromatic carbocycles. The smallest absolute Gasteiger partial charge is 0.341 e. The van der Waals surface area contributed by atoms with Crippen LogP contribution in [0.25, 0.3) is 0 Å². The molecule has 1 aliphatic carbocycles. The SMILES string of the molecule is CC1CC2=C(C=C3CC[C@H](C(C)C=O)C[C@@H]3O2)C(=O)O1. The van der Waals surface area contributed by atoms with E-state index in [0.717, 1.165) is 31.3 Å². The maximum Gasteiger partial charge on any atom is 0.341 e. The number of cyclic esters (lactones) is 1. The minimum atomic E-state index is -0.270. The van der Waals surface area contributed by atoms with E-state index >= 15 is 0 Å². The van der Waals surface area contributed by atoms with Crippen LogP contribution in [0, 0.1) is 11.8 Å². The van der Waals surface area contributed by atoms with Crippen molar-refractivity contribution in [2.75, 3.05) is 0 Å². The van der Waals surface area contributed by atoms with Crippen LogP contribution in [0.3, 0.4) is 0 Å². The lowest BCUT2D eigenvalue weighted by Crippen LogP contribution is -2.35. The van der Waals surface area contributed by atoms with E-state index in [1.54, 1.807) is 0 Å². The lowest BCUT2D eigenvalue weighted by Gasteiger charge is -2.38. The largest absolute Gasteiger partial charge is 0.489 e. The number of ether oxygens (including phenoxy) is 2. The summed E-state index contributed by atoms with van der Waals surface area (Å²) >= 11 is 0. The summed E-state index contributed by atoms with van der Waals surface area (Å²) < 4.78 is 11.3. The normalized spacial score (nSPS) is 34.2. The molecule has 1 fully saturated rings. The van der Waals surface area contributed by atoms with Gasteiger partial charge in [0.2, 0.25) is 0 Å². The third-order valence-corrected chi connectivity index (χ3v) is 4.61. The van der Waals surface area contributed by atoms with Gasteiger partial charge in [0.25, 0.3) is 0 Å². The van der Waals surface area contributed by atoms with Gasteiger partial charge in [-0.1, -0.05) is 6.92 Å². The van der Waals surface area contributed by atoms with Gasteiger partial charge < -0.3 is 14.3 Å². The molecule has 3 aliphatic rings. The third kappa shape index (κ3) is 2.28. The summed E-state index contributed by atoms with van der Waals surface area (Å²) in [5.41, 5.74) is 1.76. The first-order valence-electron chi connectivity index (χ1n) is 7.35. The molecule has 4 heteroatoms. The molecular weight excluding hydrogens is 256 g/mol. The van der Waals surface area contributed by atoms with Crippen LogP contribution in [0.5, 0.6) is 0 Å². The Labute approximate surface area is 118 Å². The molecule has 1 saturated carbocycles. The van der Waals surface area contributed by atoms with E-state index in [9.17, 15) is 9.59 Å². The Hall–Kier alpha value is -1.58. The molecule has 0 bridgehead atoms. The van der Waals surface area contributed by atoms with E-state index in [1.165, 1.54) is 5.57 Å². The second-order valence-electron chi connectivity index (χ2n) is 6.11. The first-order valence-corrected chi connectivity index (χ1v) is 7.35. The summed E-state index contributed by atoms with van der Waals surface area (Å²) in [6.45, 7) is 3.85. The third-order valence-electron chi connectivity index (χ3n) is 4.61. The van der Waals surface area contributed by atoms with Crippen LogP contribution in [0.4, 0.5) is 0 Å². The second-order valence-corrected chi connectivity index (χ2v) is 6.11. The number of fused-ring (bicyclic) bond motifs is 1. The number of aldehydes is 1. The second kappa shape index (κ2) is 5.08. The molecule has 0 saturated heterocycles. The fraction of sp³-hybridized carbons (Fsp3) is 0.625. The van der Waals surface area contributed by atoms with Gasteiger partial charge in [-0.25, -0.2) is 4.79 Å². The zero-order valence-corrected chi connectivity index (χ0v) is 11.9. The maximum absolute atomic E-state index is 11.9. The van der Waals surface area contributed by atoms with E-state index in [-0.39, 0.29) is 24.1 Å². The molecule has 3 rings (SSSR count). The summed E-state index contributed by atoms with van der Waals surface area (Å²) in [5, 5.41) is 0. The van der Waals surface area contributed by atoms with Gasteiger partial charge in [0.15, 0.2) is 0 Å². The van der Waals surface area contributed by atoms with E-state index in [2.05, 4.69) is 0 Å². The van der Waals surface area contributed by atoms with Crippen LogP contribution in [0.2, 0.25) is 0 Å². The van der Waals surface area contributed by atoms with E-state index in [0.29, 0.717) is 17.9 Å². The van der Waals surface area contributed by atoms with Gasteiger partial charge in [-0.15, -0.1) is 0 Å². The quantitative estimate of drug-likeness (QED) is 0.574. The van der Waals surface area contributed by atoms with Crippen molar-refractivity contribution in [3.05, 3.63) is 23.0 Å². The highest BCUT2D eigenvalue weighted by molar-refractivity contribution is 5.93. The molecular formula is C16H20O4. The average Bonchev–Trinajstić information content (AvgIpc) is 2.44. The highest BCUT2D eigenvalue weighted by Crippen LogP contribution is 2.40. The first kappa shape index (κ1) is 13.4. The summed E-state index contributed by atoms with van der Waals surface area (Å²) in [6, 6.07) is 0. The molecule has 108 valence electrons. The monoisotopic (exact) mass is 276 g/mol. The van der Waals surface area contributed by atoms with Gasteiger partial charge in [-0.05, 0) is 43.8 Å². The van der Waals surface area contributed by atoms with E-state index < -0.39 is 0 Å². The Morgan fingerprint density at radius 1 is 1.40 bits per heavy atom. The van der Waals surface area contributed by atoms with Crippen molar-refractivity contribution < 1.29 is 19.1 Å². The van der Waals surface area contributed by atoms with Gasteiger partial charge >= 0.3 is 5.97 Å². The predicted octanol–water partition coefficient (Wildman–Crippen LogP) is 2.54. The molecule has 0 aromatic rings. The first-order chi connectivity index (χ1) is 9.58. The number of hydrogen-bond acceptors (Lipinski definition) is 4. The summed E-state index contributed by atoms with van der Waals surface area (Å²) in [4.78, 5) is 22.8. The Morgan fingerprint density at radius 2 is 2.20 bits per heavy atom. The Bertz CT molecular complexity index is 503. The van der Waals surface area contributed by atoms with Gasteiger partial charge in [0.1, 0.15) is 24.3 Å². The summed E-state index contributed by atoms with van der Waals surface area (Å²) in [5.74, 6) is 0.950. The fourth-order valence-corrected chi connectivity index (χ4v) is 3.32. The van der Waals surface area contributed by atoms with Crippen LogP contribution in [-0.4, -0.2) is 24.5 Å². The van der Waals surface area contributed by atoms with Crippen LogP contribution in [-0.2, 0) is 19.1 Å². The van der Waals surface area contributed by atoms with Crippen LogP contribution in [0.15, 0.2) is 23.0 Å². The number of carbonyl (C=O) groups excluding carboxylic acids is 2. The van der Waals surface area contributed by atoms with Crippen molar-refractivity contribution in [3.63, 3.8) is 0 Å². The lowest BCUT2D eigenvalue weighted by molar-refractivity contribution is -0.146. The summed E-state index contributed by atoms with van der Waals surface area (Å²) in [7, 11) is 0. The number of rotatable bonds is 2. The van der Waals surface area contributed by atoms with Crippen molar-refractivity contribution in [1.29, 1.82) is 0 Å². The van der Waals surface area contributed by atoms with Gasteiger partial charge in [-0.2, -0.15) is 0 Å². The molecule has 0 spiro atoms. The number of esters is 1. The van der Waals surface area contributed by atoms with Crippen molar-refractivity contribution in [1.82, 2.24) is 0 Å². The lowest BCUT2D eigenvalue weighted by atomic mass is 9.76. The van der Waals surface area contributed by atoms with Gasteiger partial charge in [0.05, 0.1) is 5.57 Å². The highest BCUT2D eigenvalue weighted by Gasteiger charge is 2.37. The van der Waals surface area contributed by atoms with Gasteiger partial charge in [-0.3, -0.25) is 0 Å². The van der Waals surface area contributed by atoms with E-state index in [1.807, 2.05) is 19.9 Å². The standard InChI is InChI=1S/C16H20O4/c1-9(8-17)11-3-4-12-6-13-15(20-14(12)7-11)5-10(2)19-16(13)18/h6,8-11,14H,3-5,7H2,1-2H3/t9?,10?,11-,14-/m0/s1. The van der Waals surface area contributed by atoms with Crippen molar-refractivity contribution in [3.8, 4) is 0 Å². The van der Waals surface area contributed by atoms with Crippen LogP contribution >= 0.6 is 0 Å². The zero-order chi connectivity index (χ0) is 14.3. The molecule has 2 heterocycles. The topological polar surface area (TPSA) is 52.6 Å². The molecule has 0 amide bonds. The molecule has 2 aliphatic heterocycles. The summed E-state index contributed by atoms with van der Waals surface area (Å²) in [6.07, 6.45) is 6.30. The Balaban J connectivity index is 1.80. The highest BCUT2D eigenvalue weighted by atomic mass is 16.6. The van der Waals surface area contributed by atoms with Crippen LogP contribution < -0.4 is 0 Å².